The first-order chi connectivity index (χ1) is 9.82. The summed E-state index contributed by atoms with van der Waals surface area (Å²) in [6.07, 6.45) is 5.59. The van der Waals surface area contributed by atoms with Crippen LogP contribution in [0.15, 0.2) is 22.8 Å². The molecule has 112 valence electrons. The number of furan rings is 1. The van der Waals surface area contributed by atoms with Crippen molar-refractivity contribution in [1.29, 1.82) is 0 Å². The molecule has 1 aromatic heterocycles. The molecule has 2 fully saturated rings. The quantitative estimate of drug-likeness (QED) is 0.830. The number of likely N-dealkylation sites (tertiary alicyclic amines) is 1. The zero-order chi connectivity index (χ0) is 13.8. The molecule has 4 heteroatoms. The van der Waals surface area contributed by atoms with Crippen LogP contribution < -0.4 is 0 Å². The van der Waals surface area contributed by atoms with E-state index in [0.717, 1.165) is 58.1 Å². The van der Waals surface area contributed by atoms with Crippen LogP contribution in [0.1, 0.15) is 31.9 Å². The second-order valence-corrected chi connectivity index (χ2v) is 6.04. The molecule has 0 saturated carbocycles. The SMILES string of the molecule is CCOCC12CCCOC1CCN(Cc1ccco1)C2. The van der Waals surface area contributed by atoms with Gasteiger partial charge in [0, 0.05) is 31.7 Å². The second-order valence-electron chi connectivity index (χ2n) is 6.04. The number of hydrogen-bond donors (Lipinski definition) is 0. The zero-order valence-electron chi connectivity index (χ0n) is 12.3. The number of rotatable bonds is 5. The number of ether oxygens (including phenoxy) is 2. The third-order valence-corrected chi connectivity index (χ3v) is 4.62. The van der Waals surface area contributed by atoms with Gasteiger partial charge in [-0.05, 0) is 38.3 Å². The monoisotopic (exact) mass is 279 g/mol. The Labute approximate surface area is 121 Å². The second kappa shape index (κ2) is 6.29. The summed E-state index contributed by atoms with van der Waals surface area (Å²) in [5.74, 6) is 1.05. The fraction of sp³-hybridized carbons (Fsp3) is 0.750. The van der Waals surface area contributed by atoms with Gasteiger partial charge in [-0.1, -0.05) is 0 Å². The summed E-state index contributed by atoms with van der Waals surface area (Å²) in [6.45, 7) is 7.62. The predicted molar refractivity (Wildman–Crippen MR) is 76.5 cm³/mol. The lowest BCUT2D eigenvalue weighted by Gasteiger charge is -2.50. The van der Waals surface area contributed by atoms with Gasteiger partial charge in [-0.15, -0.1) is 0 Å². The van der Waals surface area contributed by atoms with Crippen LogP contribution in [0.3, 0.4) is 0 Å². The van der Waals surface area contributed by atoms with E-state index < -0.39 is 0 Å². The highest BCUT2D eigenvalue weighted by atomic mass is 16.5. The van der Waals surface area contributed by atoms with Crippen LogP contribution in [0.4, 0.5) is 0 Å². The lowest BCUT2D eigenvalue weighted by molar-refractivity contribution is -0.153. The summed E-state index contributed by atoms with van der Waals surface area (Å²) in [7, 11) is 0. The van der Waals surface area contributed by atoms with Crippen molar-refractivity contribution >= 4 is 0 Å². The Kier molecular flexibility index (Phi) is 4.44. The summed E-state index contributed by atoms with van der Waals surface area (Å²) < 4.78 is 17.3. The van der Waals surface area contributed by atoms with Crippen molar-refractivity contribution in [3.8, 4) is 0 Å². The molecule has 1 aromatic rings. The number of piperidine rings is 1. The van der Waals surface area contributed by atoms with Crippen LogP contribution in [-0.4, -0.2) is 43.9 Å². The normalized spacial score (nSPS) is 31.1. The molecule has 20 heavy (non-hydrogen) atoms. The Balaban J connectivity index is 1.68. The van der Waals surface area contributed by atoms with Gasteiger partial charge in [0.1, 0.15) is 5.76 Å². The molecule has 0 bridgehead atoms. The number of nitrogens with zero attached hydrogens (tertiary/aromatic N) is 1. The Bertz CT molecular complexity index is 406. The van der Waals surface area contributed by atoms with Crippen LogP contribution in [0.2, 0.25) is 0 Å². The maximum absolute atomic E-state index is 6.04. The summed E-state index contributed by atoms with van der Waals surface area (Å²) in [4.78, 5) is 2.49. The van der Waals surface area contributed by atoms with Crippen molar-refractivity contribution in [2.45, 2.75) is 38.8 Å². The van der Waals surface area contributed by atoms with E-state index in [1.54, 1.807) is 6.26 Å². The summed E-state index contributed by atoms with van der Waals surface area (Å²) in [5.41, 5.74) is 0.180. The van der Waals surface area contributed by atoms with Crippen molar-refractivity contribution in [3.05, 3.63) is 24.2 Å². The molecule has 2 saturated heterocycles. The van der Waals surface area contributed by atoms with Gasteiger partial charge in [0.2, 0.25) is 0 Å². The highest BCUT2D eigenvalue weighted by Gasteiger charge is 2.46. The highest BCUT2D eigenvalue weighted by Crippen LogP contribution is 2.40. The van der Waals surface area contributed by atoms with Gasteiger partial charge in [-0.3, -0.25) is 4.90 Å². The average Bonchev–Trinajstić information content (AvgIpc) is 2.98. The Morgan fingerprint density at radius 2 is 2.45 bits per heavy atom. The molecular weight excluding hydrogens is 254 g/mol. The van der Waals surface area contributed by atoms with Crippen molar-refractivity contribution in [1.82, 2.24) is 4.90 Å². The smallest absolute Gasteiger partial charge is 0.117 e. The van der Waals surface area contributed by atoms with Gasteiger partial charge < -0.3 is 13.9 Å². The third kappa shape index (κ3) is 2.92. The van der Waals surface area contributed by atoms with E-state index in [2.05, 4.69) is 17.9 Å². The molecule has 2 aliphatic heterocycles. The molecule has 0 aliphatic carbocycles. The number of fused-ring (bicyclic) bond motifs is 1. The molecule has 2 atom stereocenters. The first-order valence-electron chi connectivity index (χ1n) is 7.76. The molecule has 3 rings (SSSR count). The third-order valence-electron chi connectivity index (χ3n) is 4.62. The minimum atomic E-state index is 0.180. The first-order valence-corrected chi connectivity index (χ1v) is 7.76. The molecule has 0 aromatic carbocycles. The van der Waals surface area contributed by atoms with E-state index >= 15 is 0 Å². The minimum absolute atomic E-state index is 0.180. The Morgan fingerprint density at radius 3 is 3.25 bits per heavy atom. The number of hydrogen-bond acceptors (Lipinski definition) is 4. The summed E-state index contributed by atoms with van der Waals surface area (Å²) in [6, 6.07) is 4.01. The van der Waals surface area contributed by atoms with Gasteiger partial charge in [0.15, 0.2) is 0 Å². The molecule has 3 heterocycles. The largest absolute Gasteiger partial charge is 0.468 e. The van der Waals surface area contributed by atoms with E-state index in [4.69, 9.17) is 13.9 Å². The zero-order valence-corrected chi connectivity index (χ0v) is 12.3. The maximum Gasteiger partial charge on any atom is 0.117 e. The Hall–Kier alpha value is -0.840. The maximum atomic E-state index is 6.04. The van der Waals surface area contributed by atoms with E-state index in [1.165, 1.54) is 6.42 Å². The van der Waals surface area contributed by atoms with Crippen LogP contribution in [-0.2, 0) is 16.0 Å². The van der Waals surface area contributed by atoms with E-state index in [9.17, 15) is 0 Å². The molecule has 0 N–H and O–H groups in total. The van der Waals surface area contributed by atoms with Crippen LogP contribution >= 0.6 is 0 Å². The van der Waals surface area contributed by atoms with Crippen molar-refractivity contribution in [2.75, 3.05) is 32.9 Å². The standard InChI is InChI=1S/C16H25NO3/c1-2-18-13-16-7-4-10-20-15(16)6-8-17(12-16)11-14-5-3-9-19-14/h3,5,9,15H,2,4,6-8,10-13H2,1H3. The Morgan fingerprint density at radius 1 is 1.50 bits per heavy atom. The first kappa shape index (κ1) is 14.1. The average molecular weight is 279 g/mol. The van der Waals surface area contributed by atoms with Gasteiger partial charge >= 0.3 is 0 Å². The fourth-order valence-electron chi connectivity index (χ4n) is 3.66. The topological polar surface area (TPSA) is 34.8 Å². The van der Waals surface area contributed by atoms with Crippen LogP contribution in [0, 0.1) is 5.41 Å². The summed E-state index contributed by atoms with van der Waals surface area (Å²) >= 11 is 0. The molecule has 0 spiro atoms. The van der Waals surface area contributed by atoms with Crippen molar-refractivity contribution in [3.63, 3.8) is 0 Å². The van der Waals surface area contributed by atoms with Crippen LogP contribution in [0.25, 0.3) is 0 Å². The van der Waals surface area contributed by atoms with Gasteiger partial charge in [-0.2, -0.15) is 0 Å². The van der Waals surface area contributed by atoms with Crippen molar-refractivity contribution in [2.24, 2.45) is 5.41 Å². The molecule has 4 nitrogen and oxygen atoms in total. The van der Waals surface area contributed by atoms with E-state index in [0.29, 0.717) is 6.10 Å². The van der Waals surface area contributed by atoms with Gasteiger partial charge in [-0.25, -0.2) is 0 Å². The predicted octanol–water partition coefficient (Wildman–Crippen LogP) is 2.69. The van der Waals surface area contributed by atoms with Gasteiger partial charge in [0.25, 0.3) is 0 Å². The summed E-state index contributed by atoms with van der Waals surface area (Å²) in [5, 5.41) is 0. The van der Waals surface area contributed by atoms with Crippen molar-refractivity contribution < 1.29 is 13.9 Å². The lowest BCUT2D eigenvalue weighted by atomic mass is 9.73. The van der Waals surface area contributed by atoms with E-state index in [-0.39, 0.29) is 5.41 Å². The molecule has 0 amide bonds. The molecule has 2 unspecified atom stereocenters. The highest BCUT2D eigenvalue weighted by molar-refractivity contribution is 5.01. The lowest BCUT2D eigenvalue weighted by Crippen LogP contribution is -2.56. The molecule has 0 radical (unpaired) electrons. The van der Waals surface area contributed by atoms with E-state index in [1.807, 2.05) is 6.07 Å². The van der Waals surface area contributed by atoms with Crippen LogP contribution in [0.5, 0.6) is 0 Å². The fourth-order valence-corrected chi connectivity index (χ4v) is 3.66. The molecule has 2 aliphatic rings. The minimum Gasteiger partial charge on any atom is -0.468 e. The molecular formula is C16H25NO3. The van der Waals surface area contributed by atoms with Gasteiger partial charge in [0.05, 0.1) is 25.5 Å².